The average molecular weight is 233 g/mol. The Kier molecular flexibility index (Phi) is 3.47. The maximum absolute atomic E-state index is 12.9. The van der Waals surface area contributed by atoms with Crippen LogP contribution in [0, 0.1) is 5.82 Å². The molecular formula is C13H12FNS. The predicted molar refractivity (Wildman–Crippen MR) is 66.8 cm³/mol. The average Bonchev–Trinajstić information content (AvgIpc) is 2.28. The van der Waals surface area contributed by atoms with Crippen molar-refractivity contribution in [3.63, 3.8) is 0 Å². The van der Waals surface area contributed by atoms with Crippen LogP contribution in [0.2, 0.25) is 0 Å². The van der Waals surface area contributed by atoms with Crippen molar-refractivity contribution in [3.05, 3.63) is 59.9 Å². The Morgan fingerprint density at radius 2 is 1.88 bits per heavy atom. The van der Waals surface area contributed by atoms with Crippen molar-refractivity contribution in [3.8, 4) is 0 Å². The maximum Gasteiger partial charge on any atom is 0.124 e. The molecule has 0 atom stereocenters. The number of hydrogen-bond donors (Lipinski definition) is 1. The number of hydrogen-bond acceptors (Lipinski definition) is 2. The lowest BCUT2D eigenvalue weighted by Gasteiger charge is -2.05. The van der Waals surface area contributed by atoms with Crippen LogP contribution in [0.4, 0.5) is 10.1 Å². The number of rotatable bonds is 3. The van der Waals surface area contributed by atoms with Gasteiger partial charge in [-0.2, -0.15) is 0 Å². The highest BCUT2D eigenvalue weighted by molar-refractivity contribution is 7.98. The molecule has 0 amide bonds. The van der Waals surface area contributed by atoms with Crippen molar-refractivity contribution in [1.29, 1.82) is 0 Å². The monoisotopic (exact) mass is 233 g/mol. The van der Waals surface area contributed by atoms with Gasteiger partial charge in [-0.1, -0.05) is 24.3 Å². The van der Waals surface area contributed by atoms with E-state index in [1.54, 1.807) is 17.8 Å². The fourth-order valence-electron chi connectivity index (χ4n) is 1.38. The van der Waals surface area contributed by atoms with E-state index in [9.17, 15) is 4.39 Å². The van der Waals surface area contributed by atoms with Crippen LogP contribution in [0.5, 0.6) is 0 Å². The van der Waals surface area contributed by atoms with Gasteiger partial charge in [0.05, 0.1) is 0 Å². The molecule has 0 radical (unpaired) electrons. The summed E-state index contributed by atoms with van der Waals surface area (Å²) < 4.78 is 12.9. The molecule has 0 aliphatic heterocycles. The highest BCUT2D eigenvalue weighted by Gasteiger charge is 2.00. The Morgan fingerprint density at radius 3 is 2.62 bits per heavy atom. The first-order chi connectivity index (χ1) is 7.75. The number of halogens is 1. The Morgan fingerprint density at radius 1 is 1.06 bits per heavy atom. The zero-order valence-corrected chi connectivity index (χ0v) is 9.51. The third-order valence-corrected chi connectivity index (χ3v) is 3.29. The Bertz CT molecular complexity index is 485. The van der Waals surface area contributed by atoms with E-state index < -0.39 is 0 Å². The zero-order valence-electron chi connectivity index (χ0n) is 8.69. The van der Waals surface area contributed by atoms with Crippen molar-refractivity contribution in [1.82, 2.24) is 0 Å². The van der Waals surface area contributed by atoms with E-state index in [0.717, 1.165) is 21.9 Å². The number of thioether (sulfide) groups is 1. The lowest BCUT2D eigenvalue weighted by molar-refractivity contribution is 0.624. The molecule has 2 rings (SSSR count). The SMILES string of the molecule is Nc1ccccc1CSc1cccc(F)c1. The largest absolute Gasteiger partial charge is 0.398 e. The molecule has 1 nitrogen and oxygen atoms in total. The summed E-state index contributed by atoms with van der Waals surface area (Å²) in [6.45, 7) is 0. The molecule has 0 spiro atoms. The van der Waals surface area contributed by atoms with E-state index >= 15 is 0 Å². The zero-order chi connectivity index (χ0) is 11.4. The molecule has 0 aliphatic rings. The first kappa shape index (κ1) is 11.0. The molecule has 0 bridgehead atoms. The van der Waals surface area contributed by atoms with Crippen molar-refractivity contribution in [2.75, 3.05) is 5.73 Å². The van der Waals surface area contributed by atoms with Gasteiger partial charge in [0.25, 0.3) is 0 Å². The highest BCUT2D eigenvalue weighted by Crippen LogP contribution is 2.25. The molecule has 2 aromatic rings. The quantitative estimate of drug-likeness (QED) is 0.646. The van der Waals surface area contributed by atoms with Crippen LogP contribution < -0.4 is 5.73 Å². The number of benzene rings is 2. The fraction of sp³-hybridized carbons (Fsp3) is 0.0769. The number of nitrogen functional groups attached to an aromatic ring is 1. The molecule has 2 aromatic carbocycles. The molecule has 2 N–H and O–H groups in total. The second-order valence-corrected chi connectivity index (χ2v) is 4.49. The van der Waals surface area contributed by atoms with Gasteiger partial charge >= 0.3 is 0 Å². The molecule has 0 saturated heterocycles. The Labute approximate surface area is 98.5 Å². The van der Waals surface area contributed by atoms with E-state index in [2.05, 4.69) is 0 Å². The fourth-order valence-corrected chi connectivity index (χ4v) is 2.34. The van der Waals surface area contributed by atoms with Gasteiger partial charge in [0.1, 0.15) is 5.82 Å². The summed E-state index contributed by atoms with van der Waals surface area (Å²) in [6.07, 6.45) is 0. The lowest BCUT2D eigenvalue weighted by atomic mass is 10.2. The standard InChI is InChI=1S/C13H12FNS/c14-11-5-3-6-12(8-11)16-9-10-4-1-2-7-13(10)15/h1-8H,9,15H2. The molecule has 0 fully saturated rings. The van der Waals surface area contributed by atoms with Crippen LogP contribution in [0.1, 0.15) is 5.56 Å². The molecule has 0 aliphatic carbocycles. The summed E-state index contributed by atoms with van der Waals surface area (Å²) in [4.78, 5) is 0.920. The molecule has 82 valence electrons. The molecule has 0 saturated carbocycles. The molecule has 0 aromatic heterocycles. The maximum atomic E-state index is 12.9. The second kappa shape index (κ2) is 5.03. The van der Waals surface area contributed by atoms with Crippen LogP contribution in [0.3, 0.4) is 0 Å². The first-order valence-electron chi connectivity index (χ1n) is 4.97. The summed E-state index contributed by atoms with van der Waals surface area (Å²) in [5.74, 6) is 0.557. The smallest absolute Gasteiger partial charge is 0.124 e. The molecule has 0 unspecified atom stereocenters. The van der Waals surface area contributed by atoms with Gasteiger partial charge in [-0.25, -0.2) is 4.39 Å². The third kappa shape index (κ3) is 2.76. The van der Waals surface area contributed by atoms with Gasteiger partial charge in [0.2, 0.25) is 0 Å². The van der Waals surface area contributed by atoms with Crippen LogP contribution >= 0.6 is 11.8 Å². The summed E-state index contributed by atoms with van der Waals surface area (Å²) in [5, 5.41) is 0. The van der Waals surface area contributed by atoms with Gasteiger partial charge < -0.3 is 5.73 Å². The number of para-hydroxylation sites is 1. The minimum absolute atomic E-state index is 0.203. The summed E-state index contributed by atoms with van der Waals surface area (Å²) in [6, 6.07) is 14.3. The summed E-state index contributed by atoms with van der Waals surface area (Å²) >= 11 is 1.58. The second-order valence-electron chi connectivity index (χ2n) is 3.44. The van der Waals surface area contributed by atoms with Gasteiger partial charge in [-0.15, -0.1) is 11.8 Å². The van der Waals surface area contributed by atoms with Gasteiger partial charge in [0.15, 0.2) is 0 Å². The van der Waals surface area contributed by atoms with E-state index in [0.29, 0.717) is 0 Å². The summed E-state index contributed by atoms with van der Waals surface area (Å²) in [5.41, 5.74) is 7.69. The van der Waals surface area contributed by atoms with Crippen LogP contribution in [-0.4, -0.2) is 0 Å². The van der Waals surface area contributed by atoms with Crippen LogP contribution in [-0.2, 0) is 5.75 Å². The molecule has 16 heavy (non-hydrogen) atoms. The first-order valence-corrected chi connectivity index (χ1v) is 5.96. The molecule has 3 heteroatoms. The topological polar surface area (TPSA) is 26.0 Å². The minimum atomic E-state index is -0.203. The lowest BCUT2D eigenvalue weighted by Crippen LogP contribution is -1.91. The van der Waals surface area contributed by atoms with E-state index in [1.165, 1.54) is 12.1 Å². The summed E-state index contributed by atoms with van der Waals surface area (Å²) in [7, 11) is 0. The Hall–Kier alpha value is -1.48. The van der Waals surface area contributed by atoms with Crippen LogP contribution in [0.15, 0.2) is 53.4 Å². The van der Waals surface area contributed by atoms with Gasteiger partial charge in [0, 0.05) is 16.3 Å². The van der Waals surface area contributed by atoms with Gasteiger partial charge in [-0.05, 0) is 29.8 Å². The van der Waals surface area contributed by atoms with Crippen molar-refractivity contribution < 1.29 is 4.39 Å². The van der Waals surface area contributed by atoms with Gasteiger partial charge in [-0.3, -0.25) is 0 Å². The van der Waals surface area contributed by atoms with E-state index in [1.807, 2.05) is 30.3 Å². The highest BCUT2D eigenvalue weighted by atomic mass is 32.2. The molecular weight excluding hydrogens is 221 g/mol. The number of nitrogens with two attached hydrogens (primary N) is 1. The van der Waals surface area contributed by atoms with Crippen molar-refractivity contribution in [2.24, 2.45) is 0 Å². The van der Waals surface area contributed by atoms with Crippen molar-refractivity contribution >= 4 is 17.4 Å². The van der Waals surface area contributed by atoms with Crippen molar-refractivity contribution in [2.45, 2.75) is 10.6 Å². The normalized spacial score (nSPS) is 10.3. The van der Waals surface area contributed by atoms with Crippen LogP contribution in [0.25, 0.3) is 0 Å². The van der Waals surface area contributed by atoms with E-state index in [-0.39, 0.29) is 5.82 Å². The number of anilines is 1. The molecule has 0 heterocycles. The third-order valence-electron chi connectivity index (χ3n) is 2.25. The van der Waals surface area contributed by atoms with E-state index in [4.69, 9.17) is 5.73 Å². The Balaban J connectivity index is 2.05. The minimum Gasteiger partial charge on any atom is -0.398 e. The predicted octanol–water partition coefficient (Wildman–Crippen LogP) is 3.70.